The number of hydrogen-bond acceptors (Lipinski definition) is 4. The van der Waals surface area contributed by atoms with Crippen molar-refractivity contribution in [1.82, 2.24) is 5.43 Å². The first-order valence-electron chi connectivity index (χ1n) is 4.08. The summed E-state index contributed by atoms with van der Waals surface area (Å²) in [7, 11) is 0. The van der Waals surface area contributed by atoms with E-state index in [1.165, 1.54) is 12.1 Å². The Morgan fingerprint density at radius 3 is 2.50 bits per heavy atom. The van der Waals surface area contributed by atoms with Crippen molar-refractivity contribution in [2.75, 3.05) is 0 Å². The molecule has 1 aromatic rings. The van der Waals surface area contributed by atoms with Crippen LogP contribution in [0.1, 0.15) is 28.9 Å². The van der Waals surface area contributed by atoms with Gasteiger partial charge in [-0.1, -0.05) is 12.1 Å². The molecule has 14 heavy (non-hydrogen) atoms. The fraction of sp³-hybridized carbons (Fsp3) is 0.222. The third-order valence-corrected chi connectivity index (χ3v) is 1.97. The van der Waals surface area contributed by atoms with Crippen molar-refractivity contribution in [2.45, 2.75) is 13.0 Å². The number of nitrogens with two attached hydrogens (primary N) is 1. The fourth-order valence-corrected chi connectivity index (χ4v) is 1.05. The molecule has 0 fully saturated rings. The molecule has 0 saturated carbocycles. The summed E-state index contributed by atoms with van der Waals surface area (Å²) in [5.74, 6) is 4.23. The zero-order valence-corrected chi connectivity index (χ0v) is 7.66. The molecular formula is C9H11FN2O2. The van der Waals surface area contributed by atoms with Gasteiger partial charge in [-0.2, -0.15) is 0 Å². The highest BCUT2D eigenvalue weighted by atomic mass is 19.3. The second-order valence-corrected chi connectivity index (χ2v) is 2.87. The van der Waals surface area contributed by atoms with Crippen LogP contribution in [0.4, 0.5) is 4.53 Å². The van der Waals surface area contributed by atoms with Gasteiger partial charge in [-0.05, 0) is 24.6 Å². The number of benzene rings is 1. The van der Waals surface area contributed by atoms with E-state index in [1.807, 2.05) is 6.92 Å². The van der Waals surface area contributed by atoms with Crippen LogP contribution in [-0.4, -0.2) is 5.97 Å². The zero-order valence-electron chi connectivity index (χ0n) is 7.66. The van der Waals surface area contributed by atoms with Gasteiger partial charge < -0.3 is 0 Å². The fourth-order valence-electron chi connectivity index (χ4n) is 1.05. The van der Waals surface area contributed by atoms with E-state index in [9.17, 15) is 9.32 Å². The van der Waals surface area contributed by atoms with Gasteiger partial charge in [0, 0.05) is 10.6 Å². The van der Waals surface area contributed by atoms with Crippen molar-refractivity contribution in [3.63, 3.8) is 0 Å². The molecule has 0 saturated heterocycles. The normalized spacial score (nSPS) is 12.2. The van der Waals surface area contributed by atoms with Crippen molar-refractivity contribution in [3.8, 4) is 0 Å². The van der Waals surface area contributed by atoms with E-state index < -0.39 is 5.97 Å². The van der Waals surface area contributed by atoms with Crippen LogP contribution >= 0.6 is 0 Å². The maximum absolute atomic E-state index is 11.5. The van der Waals surface area contributed by atoms with Gasteiger partial charge in [-0.3, -0.25) is 11.3 Å². The first-order valence-corrected chi connectivity index (χ1v) is 4.08. The zero-order chi connectivity index (χ0) is 10.6. The molecule has 5 heteroatoms. The predicted molar refractivity (Wildman–Crippen MR) is 48.7 cm³/mol. The van der Waals surface area contributed by atoms with Gasteiger partial charge in [0.15, 0.2) is 0 Å². The number of nitrogens with one attached hydrogen (secondary N) is 1. The van der Waals surface area contributed by atoms with E-state index >= 15 is 0 Å². The number of carbonyl (C=O) groups excluding carboxylic acids is 1. The van der Waals surface area contributed by atoms with Crippen LogP contribution in [0.2, 0.25) is 0 Å². The third-order valence-electron chi connectivity index (χ3n) is 1.97. The molecule has 1 atom stereocenters. The Morgan fingerprint density at radius 2 is 2.07 bits per heavy atom. The van der Waals surface area contributed by atoms with Crippen LogP contribution in [0.15, 0.2) is 24.3 Å². The van der Waals surface area contributed by atoms with Crippen molar-refractivity contribution in [3.05, 3.63) is 35.4 Å². The van der Waals surface area contributed by atoms with Crippen molar-refractivity contribution >= 4 is 5.97 Å². The molecular weight excluding hydrogens is 187 g/mol. The molecule has 0 heterocycles. The minimum Gasteiger partial charge on any atom is -0.271 e. The Hall–Kier alpha value is -1.46. The first-order chi connectivity index (χ1) is 6.69. The largest absolute Gasteiger partial charge is 0.379 e. The number of halogens is 1. The van der Waals surface area contributed by atoms with Gasteiger partial charge in [-0.15, -0.1) is 0 Å². The first kappa shape index (κ1) is 10.6. The monoisotopic (exact) mass is 198 g/mol. The highest BCUT2D eigenvalue weighted by molar-refractivity contribution is 5.88. The molecule has 76 valence electrons. The lowest BCUT2D eigenvalue weighted by Gasteiger charge is -2.09. The molecule has 0 aliphatic carbocycles. The Balaban J connectivity index is 2.83. The summed E-state index contributed by atoms with van der Waals surface area (Å²) in [4.78, 5) is 13.8. The molecule has 0 bridgehead atoms. The molecule has 0 aliphatic heterocycles. The van der Waals surface area contributed by atoms with Gasteiger partial charge in [0.2, 0.25) is 0 Å². The lowest BCUT2D eigenvalue weighted by atomic mass is 10.1. The second kappa shape index (κ2) is 4.69. The Bertz CT molecular complexity index is 313. The summed E-state index contributed by atoms with van der Waals surface area (Å²) in [5.41, 5.74) is 3.63. The van der Waals surface area contributed by atoms with Crippen molar-refractivity contribution in [2.24, 2.45) is 5.84 Å². The Morgan fingerprint density at radius 1 is 1.50 bits per heavy atom. The number of carbonyl (C=O) groups is 1. The SMILES string of the molecule is CC(NN)c1ccc(C(=O)OF)cc1. The minimum absolute atomic E-state index is 0.0227. The number of hydrazine groups is 1. The molecule has 1 aromatic carbocycles. The van der Waals surface area contributed by atoms with Crippen LogP contribution in [-0.2, 0) is 4.94 Å². The topological polar surface area (TPSA) is 64.3 Å². The lowest BCUT2D eigenvalue weighted by molar-refractivity contribution is -0.0788. The van der Waals surface area contributed by atoms with Gasteiger partial charge in [-0.25, -0.2) is 9.74 Å². The highest BCUT2D eigenvalue weighted by Crippen LogP contribution is 2.12. The van der Waals surface area contributed by atoms with Gasteiger partial charge in [0.05, 0.1) is 5.56 Å². The van der Waals surface area contributed by atoms with E-state index in [-0.39, 0.29) is 11.6 Å². The van der Waals surface area contributed by atoms with E-state index in [1.54, 1.807) is 12.1 Å². The van der Waals surface area contributed by atoms with Crippen LogP contribution in [0.5, 0.6) is 0 Å². The Labute approximate surface area is 80.7 Å². The van der Waals surface area contributed by atoms with Crippen LogP contribution in [0.25, 0.3) is 0 Å². The molecule has 0 aliphatic rings. The minimum atomic E-state index is -0.995. The van der Waals surface area contributed by atoms with E-state index in [0.29, 0.717) is 0 Å². The molecule has 1 rings (SSSR count). The summed E-state index contributed by atoms with van der Waals surface area (Å²) in [6.07, 6.45) is 0. The smallest absolute Gasteiger partial charge is 0.271 e. The van der Waals surface area contributed by atoms with Crippen LogP contribution in [0.3, 0.4) is 0 Å². The van der Waals surface area contributed by atoms with E-state index in [4.69, 9.17) is 5.84 Å². The molecule has 0 amide bonds. The summed E-state index contributed by atoms with van der Waals surface area (Å²) >= 11 is 0. The van der Waals surface area contributed by atoms with E-state index in [0.717, 1.165) is 5.56 Å². The summed E-state index contributed by atoms with van der Waals surface area (Å²) < 4.78 is 11.5. The quantitative estimate of drug-likeness (QED) is 0.566. The maximum atomic E-state index is 11.5. The molecule has 1 unspecified atom stereocenters. The van der Waals surface area contributed by atoms with Crippen molar-refractivity contribution in [1.29, 1.82) is 0 Å². The molecule has 0 radical (unpaired) electrons. The average Bonchev–Trinajstić information content (AvgIpc) is 2.27. The summed E-state index contributed by atoms with van der Waals surface area (Å²) in [5, 5.41) is 0. The molecule has 0 spiro atoms. The molecule has 3 N–H and O–H groups in total. The predicted octanol–water partition coefficient (Wildman–Crippen LogP) is 1.25. The van der Waals surface area contributed by atoms with Gasteiger partial charge >= 0.3 is 5.97 Å². The lowest BCUT2D eigenvalue weighted by Crippen LogP contribution is -2.25. The van der Waals surface area contributed by atoms with Crippen molar-refractivity contribution < 1.29 is 14.3 Å². The Kier molecular flexibility index (Phi) is 3.55. The second-order valence-electron chi connectivity index (χ2n) is 2.87. The standard InChI is InChI=1S/C9H11FN2O2/c1-6(12-11)7-2-4-8(5-3-7)9(13)14-10/h2-6,12H,11H2,1H3. The molecule has 4 nitrogen and oxygen atoms in total. The van der Waals surface area contributed by atoms with Crippen LogP contribution < -0.4 is 11.3 Å². The maximum Gasteiger partial charge on any atom is 0.379 e. The number of rotatable bonds is 3. The number of hydrogen-bond donors (Lipinski definition) is 2. The van der Waals surface area contributed by atoms with Crippen LogP contribution in [0, 0.1) is 0 Å². The summed E-state index contributed by atoms with van der Waals surface area (Å²) in [6.45, 7) is 1.86. The molecule has 0 aromatic heterocycles. The summed E-state index contributed by atoms with van der Waals surface area (Å²) in [6, 6.07) is 6.29. The van der Waals surface area contributed by atoms with Gasteiger partial charge in [0.1, 0.15) is 0 Å². The van der Waals surface area contributed by atoms with Gasteiger partial charge in [0.25, 0.3) is 0 Å². The average molecular weight is 198 g/mol. The van der Waals surface area contributed by atoms with E-state index in [2.05, 4.69) is 10.4 Å². The highest BCUT2D eigenvalue weighted by Gasteiger charge is 2.08. The third kappa shape index (κ3) is 2.27.